The third kappa shape index (κ3) is 5.60. The Labute approximate surface area is 202 Å². The Morgan fingerprint density at radius 1 is 1.12 bits per heavy atom. The van der Waals surface area contributed by atoms with Crippen LogP contribution >= 0.6 is 11.3 Å². The average molecular weight is 503 g/mol. The van der Waals surface area contributed by atoms with Crippen molar-refractivity contribution in [2.45, 2.75) is 24.8 Å². The molecule has 2 aromatic carbocycles. The number of hydrogen-bond acceptors (Lipinski definition) is 7. The van der Waals surface area contributed by atoms with Gasteiger partial charge in [-0.05, 0) is 55.8 Å². The Hall–Kier alpha value is -3.31. The maximum atomic E-state index is 11.7. The minimum Gasteiger partial charge on any atom is -0.454 e. The quantitative estimate of drug-likeness (QED) is 0.459. The minimum absolute atomic E-state index is 0.190. The Morgan fingerprint density at radius 3 is 2.62 bits per heavy atom. The number of aromatic nitrogens is 1. The van der Waals surface area contributed by atoms with Gasteiger partial charge in [-0.1, -0.05) is 0 Å². The first kappa shape index (κ1) is 23.8. The molecule has 34 heavy (non-hydrogen) atoms. The van der Waals surface area contributed by atoms with E-state index in [1.165, 1.54) is 17.6 Å². The third-order valence-corrected chi connectivity index (χ3v) is 7.13. The lowest BCUT2D eigenvalue weighted by Gasteiger charge is -2.11. The van der Waals surface area contributed by atoms with Gasteiger partial charge < -0.3 is 24.7 Å². The van der Waals surface area contributed by atoms with Crippen LogP contribution < -0.4 is 24.9 Å². The van der Waals surface area contributed by atoms with Crippen LogP contribution in [0.15, 0.2) is 57.7 Å². The standard InChI is InChI=1S/C23H26N4O5S2/c1-3-24-22(28)25-11-4-12-27-19(16-5-10-20-21(13-16)32-15-31-20)14-33-23(27)26-17-6-8-18(9-7-17)34(2,29)30/h5-10,13-14H,3-4,11-12,15H2,1-2H3,(H2,24,25,28). The van der Waals surface area contributed by atoms with Crippen molar-refractivity contribution in [1.82, 2.24) is 15.2 Å². The zero-order valence-corrected chi connectivity index (χ0v) is 20.5. The number of ether oxygens (including phenoxy) is 2. The first-order valence-electron chi connectivity index (χ1n) is 10.8. The SMILES string of the molecule is CCNC(=O)NCCCn1c(-c2ccc3c(c2)OCO3)csc1=Nc1ccc(S(C)(=O)=O)cc1. The number of carbonyl (C=O) groups excluding carboxylic acids is 1. The maximum Gasteiger partial charge on any atom is 0.314 e. The molecule has 0 saturated heterocycles. The molecule has 0 spiro atoms. The van der Waals surface area contributed by atoms with Crippen LogP contribution in [-0.4, -0.2) is 45.2 Å². The second-order valence-corrected chi connectivity index (χ2v) is 10.5. The lowest BCUT2D eigenvalue weighted by Crippen LogP contribution is -2.36. The van der Waals surface area contributed by atoms with Gasteiger partial charge in [0, 0.05) is 36.8 Å². The summed E-state index contributed by atoms with van der Waals surface area (Å²) < 4.78 is 36.5. The molecule has 3 aromatic rings. The molecule has 0 radical (unpaired) electrons. The van der Waals surface area contributed by atoms with Gasteiger partial charge in [-0.15, -0.1) is 11.3 Å². The van der Waals surface area contributed by atoms with Crippen LogP contribution in [0.2, 0.25) is 0 Å². The smallest absolute Gasteiger partial charge is 0.314 e. The van der Waals surface area contributed by atoms with Crippen LogP contribution in [0.5, 0.6) is 11.5 Å². The summed E-state index contributed by atoms with van der Waals surface area (Å²) >= 11 is 1.49. The van der Waals surface area contributed by atoms with Gasteiger partial charge in [0.25, 0.3) is 0 Å². The molecule has 180 valence electrons. The van der Waals surface area contributed by atoms with Crippen molar-refractivity contribution in [2.75, 3.05) is 26.1 Å². The topological polar surface area (TPSA) is 111 Å². The Bertz CT molecular complexity index is 1340. The molecular formula is C23H26N4O5S2. The van der Waals surface area contributed by atoms with Gasteiger partial charge in [-0.2, -0.15) is 0 Å². The Balaban J connectivity index is 1.64. The van der Waals surface area contributed by atoms with Crippen LogP contribution in [-0.2, 0) is 16.4 Å². The number of carbonyl (C=O) groups is 1. The van der Waals surface area contributed by atoms with Gasteiger partial charge in [-0.3, -0.25) is 0 Å². The lowest BCUT2D eigenvalue weighted by molar-refractivity contribution is 0.174. The average Bonchev–Trinajstić information content (AvgIpc) is 3.43. The summed E-state index contributed by atoms with van der Waals surface area (Å²) in [4.78, 5) is 17.5. The fraction of sp³-hybridized carbons (Fsp3) is 0.304. The second kappa shape index (κ2) is 10.3. The van der Waals surface area contributed by atoms with E-state index in [0.29, 0.717) is 43.2 Å². The fourth-order valence-corrected chi connectivity index (χ4v) is 5.05. The highest BCUT2D eigenvalue weighted by Gasteiger charge is 2.16. The van der Waals surface area contributed by atoms with E-state index in [9.17, 15) is 13.2 Å². The third-order valence-electron chi connectivity index (χ3n) is 5.14. The normalized spacial score (nSPS) is 13.2. The monoisotopic (exact) mass is 502 g/mol. The second-order valence-electron chi connectivity index (χ2n) is 7.64. The van der Waals surface area contributed by atoms with Crippen molar-refractivity contribution in [2.24, 2.45) is 4.99 Å². The van der Waals surface area contributed by atoms with E-state index in [4.69, 9.17) is 14.5 Å². The van der Waals surface area contributed by atoms with E-state index in [-0.39, 0.29) is 17.7 Å². The molecule has 0 unspecified atom stereocenters. The van der Waals surface area contributed by atoms with Crippen LogP contribution in [0.3, 0.4) is 0 Å². The molecule has 2 amide bonds. The van der Waals surface area contributed by atoms with Gasteiger partial charge in [0.2, 0.25) is 6.79 Å². The van der Waals surface area contributed by atoms with E-state index in [1.807, 2.05) is 30.5 Å². The van der Waals surface area contributed by atoms with Crippen molar-refractivity contribution >= 4 is 32.9 Å². The van der Waals surface area contributed by atoms with Crippen molar-refractivity contribution in [1.29, 1.82) is 0 Å². The van der Waals surface area contributed by atoms with E-state index in [2.05, 4.69) is 15.2 Å². The van der Waals surface area contributed by atoms with Gasteiger partial charge in [0.1, 0.15) is 0 Å². The molecule has 9 nitrogen and oxygen atoms in total. The molecule has 1 aliphatic rings. The maximum absolute atomic E-state index is 11.7. The molecule has 11 heteroatoms. The van der Waals surface area contributed by atoms with Crippen LogP contribution in [0.1, 0.15) is 13.3 Å². The van der Waals surface area contributed by atoms with E-state index in [1.54, 1.807) is 24.3 Å². The van der Waals surface area contributed by atoms with E-state index in [0.717, 1.165) is 16.1 Å². The number of rotatable bonds is 8. The zero-order valence-electron chi connectivity index (χ0n) is 18.9. The van der Waals surface area contributed by atoms with E-state index >= 15 is 0 Å². The highest BCUT2D eigenvalue weighted by atomic mass is 32.2. The fourth-order valence-electron chi connectivity index (χ4n) is 3.46. The Morgan fingerprint density at radius 2 is 1.88 bits per heavy atom. The number of hydrogen-bond donors (Lipinski definition) is 2. The summed E-state index contributed by atoms with van der Waals surface area (Å²) in [5, 5.41) is 7.59. The molecule has 2 N–H and O–H groups in total. The molecule has 0 aliphatic carbocycles. The predicted molar refractivity (Wildman–Crippen MR) is 130 cm³/mol. The summed E-state index contributed by atoms with van der Waals surface area (Å²) in [6.07, 6.45) is 1.88. The zero-order chi connectivity index (χ0) is 24.1. The highest BCUT2D eigenvalue weighted by Crippen LogP contribution is 2.36. The lowest BCUT2D eigenvalue weighted by atomic mass is 10.1. The van der Waals surface area contributed by atoms with Crippen LogP contribution in [0.25, 0.3) is 11.3 Å². The van der Waals surface area contributed by atoms with E-state index < -0.39 is 9.84 Å². The summed E-state index contributed by atoms with van der Waals surface area (Å²) in [6.45, 7) is 3.78. The summed E-state index contributed by atoms with van der Waals surface area (Å²) in [6, 6.07) is 12.1. The molecule has 2 heterocycles. The number of sulfone groups is 1. The highest BCUT2D eigenvalue weighted by molar-refractivity contribution is 7.90. The summed E-state index contributed by atoms with van der Waals surface area (Å²) in [5.41, 5.74) is 2.58. The van der Waals surface area contributed by atoms with Crippen LogP contribution in [0, 0.1) is 0 Å². The van der Waals surface area contributed by atoms with Gasteiger partial charge in [0.05, 0.1) is 16.3 Å². The number of urea groups is 1. The first-order chi connectivity index (χ1) is 16.3. The first-order valence-corrected chi connectivity index (χ1v) is 13.6. The molecule has 0 saturated carbocycles. The van der Waals surface area contributed by atoms with Gasteiger partial charge in [0.15, 0.2) is 26.1 Å². The minimum atomic E-state index is -3.27. The molecule has 0 atom stereocenters. The summed E-state index contributed by atoms with van der Waals surface area (Å²) in [5.74, 6) is 1.41. The molecule has 4 rings (SSSR count). The van der Waals surface area contributed by atoms with Gasteiger partial charge >= 0.3 is 6.03 Å². The number of thiazole rings is 1. The number of amides is 2. The van der Waals surface area contributed by atoms with Crippen molar-refractivity contribution < 1.29 is 22.7 Å². The largest absolute Gasteiger partial charge is 0.454 e. The predicted octanol–water partition coefficient (Wildman–Crippen LogP) is 3.29. The number of nitrogens with zero attached hydrogens (tertiary/aromatic N) is 2. The van der Waals surface area contributed by atoms with Crippen LogP contribution in [0.4, 0.5) is 10.5 Å². The van der Waals surface area contributed by atoms with Gasteiger partial charge in [-0.25, -0.2) is 18.2 Å². The number of benzene rings is 2. The number of fused-ring (bicyclic) bond motifs is 1. The molecule has 1 aliphatic heterocycles. The molecule has 0 fully saturated rings. The molecule has 1 aromatic heterocycles. The van der Waals surface area contributed by atoms with Crippen molar-refractivity contribution in [3.8, 4) is 22.8 Å². The molecule has 0 bridgehead atoms. The Kier molecular flexibility index (Phi) is 7.23. The number of nitrogens with one attached hydrogen (secondary N) is 2. The van der Waals surface area contributed by atoms with Crippen molar-refractivity contribution in [3.63, 3.8) is 0 Å². The molecular weight excluding hydrogens is 476 g/mol. The summed E-state index contributed by atoms with van der Waals surface area (Å²) in [7, 11) is -3.27. The van der Waals surface area contributed by atoms with Crippen molar-refractivity contribution in [3.05, 3.63) is 52.6 Å².